The van der Waals surface area contributed by atoms with Gasteiger partial charge >= 0.3 is 0 Å². The van der Waals surface area contributed by atoms with Crippen molar-refractivity contribution in [2.24, 2.45) is 0 Å². The highest BCUT2D eigenvalue weighted by Crippen LogP contribution is 2.25. The Morgan fingerprint density at radius 2 is 1.92 bits per heavy atom. The van der Waals surface area contributed by atoms with E-state index >= 15 is 0 Å². The molecule has 24 heavy (non-hydrogen) atoms. The van der Waals surface area contributed by atoms with Gasteiger partial charge in [0.15, 0.2) is 0 Å². The standard InChI is InChI=1S/C19H15ClFNOS/c20-16-6-4-14(5-7-16)19(15-8-9-24-12-15)22-18(23)11-13-2-1-3-17(21)10-13/h1-10,12,19H,11H2,(H,22,23)/t19-/m0/s1. The van der Waals surface area contributed by atoms with Crippen LogP contribution in [0, 0.1) is 5.82 Å². The molecule has 2 aromatic carbocycles. The molecule has 0 spiro atoms. The summed E-state index contributed by atoms with van der Waals surface area (Å²) in [4.78, 5) is 12.4. The smallest absolute Gasteiger partial charge is 0.225 e. The summed E-state index contributed by atoms with van der Waals surface area (Å²) in [7, 11) is 0. The predicted octanol–water partition coefficient (Wildman–Crippen LogP) is 4.99. The van der Waals surface area contributed by atoms with Crippen molar-refractivity contribution in [1.29, 1.82) is 0 Å². The molecule has 1 aromatic heterocycles. The zero-order valence-corrected chi connectivity index (χ0v) is 14.3. The molecule has 0 radical (unpaired) electrons. The molecule has 0 bridgehead atoms. The van der Waals surface area contributed by atoms with Crippen LogP contribution in [0.3, 0.4) is 0 Å². The van der Waals surface area contributed by atoms with Crippen molar-refractivity contribution < 1.29 is 9.18 Å². The number of hydrogen-bond acceptors (Lipinski definition) is 2. The summed E-state index contributed by atoms with van der Waals surface area (Å²) >= 11 is 7.52. The van der Waals surface area contributed by atoms with E-state index in [1.54, 1.807) is 35.6 Å². The minimum Gasteiger partial charge on any atom is -0.345 e. The van der Waals surface area contributed by atoms with Gasteiger partial charge < -0.3 is 5.32 Å². The monoisotopic (exact) mass is 359 g/mol. The van der Waals surface area contributed by atoms with E-state index in [-0.39, 0.29) is 24.2 Å². The van der Waals surface area contributed by atoms with E-state index in [1.165, 1.54) is 12.1 Å². The molecule has 1 atom stereocenters. The second-order valence-electron chi connectivity index (χ2n) is 5.42. The summed E-state index contributed by atoms with van der Waals surface area (Å²) in [5.41, 5.74) is 2.60. The number of benzene rings is 2. The Labute approximate surface area is 148 Å². The van der Waals surface area contributed by atoms with E-state index in [1.807, 2.05) is 29.0 Å². The largest absolute Gasteiger partial charge is 0.345 e. The molecule has 5 heteroatoms. The maximum atomic E-state index is 13.3. The molecule has 0 aliphatic carbocycles. The number of hydrogen-bond donors (Lipinski definition) is 1. The number of carbonyl (C=O) groups is 1. The summed E-state index contributed by atoms with van der Waals surface area (Å²) in [6.07, 6.45) is 0.131. The van der Waals surface area contributed by atoms with Crippen LogP contribution in [0.1, 0.15) is 22.7 Å². The molecule has 0 saturated heterocycles. The summed E-state index contributed by atoms with van der Waals surface area (Å²) in [5, 5.41) is 7.64. The third kappa shape index (κ3) is 4.22. The second-order valence-corrected chi connectivity index (χ2v) is 6.63. The number of rotatable bonds is 5. The Balaban J connectivity index is 1.79. The van der Waals surface area contributed by atoms with Crippen LogP contribution < -0.4 is 5.32 Å². The average molecular weight is 360 g/mol. The van der Waals surface area contributed by atoms with Gasteiger partial charge in [0.05, 0.1) is 12.5 Å². The van der Waals surface area contributed by atoms with E-state index < -0.39 is 0 Å². The molecular weight excluding hydrogens is 345 g/mol. The van der Waals surface area contributed by atoms with Gasteiger partial charge in [0.1, 0.15) is 5.82 Å². The maximum absolute atomic E-state index is 13.3. The third-order valence-electron chi connectivity index (χ3n) is 3.64. The fraction of sp³-hybridized carbons (Fsp3) is 0.105. The summed E-state index contributed by atoms with van der Waals surface area (Å²) in [5.74, 6) is -0.501. The number of carbonyl (C=O) groups excluding carboxylic acids is 1. The number of nitrogens with one attached hydrogen (secondary N) is 1. The zero-order chi connectivity index (χ0) is 16.9. The van der Waals surface area contributed by atoms with Crippen molar-refractivity contribution in [1.82, 2.24) is 5.32 Å². The van der Waals surface area contributed by atoms with Crippen LogP contribution >= 0.6 is 22.9 Å². The van der Waals surface area contributed by atoms with E-state index in [2.05, 4.69) is 5.32 Å². The van der Waals surface area contributed by atoms with E-state index in [0.29, 0.717) is 10.6 Å². The summed E-state index contributed by atoms with van der Waals surface area (Å²) in [6.45, 7) is 0. The van der Waals surface area contributed by atoms with Gasteiger partial charge in [-0.2, -0.15) is 11.3 Å². The molecule has 0 aliphatic heterocycles. The van der Waals surface area contributed by atoms with Crippen molar-refractivity contribution in [2.45, 2.75) is 12.5 Å². The van der Waals surface area contributed by atoms with Crippen LogP contribution in [0.2, 0.25) is 5.02 Å². The Morgan fingerprint density at radius 1 is 1.12 bits per heavy atom. The fourth-order valence-corrected chi connectivity index (χ4v) is 3.31. The van der Waals surface area contributed by atoms with Crippen molar-refractivity contribution in [3.05, 3.63) is 92.9 Å². The van der Waals surface area contributed by atoms with Gasteiger partial charge in [0.25, 0.3) is 0 Å². The molecule has 3 rings (SSSR count). The van der Waals surface area contributed by atoms with Gasteiger partial charge in [0, 0.05) is 5.02 Å². The molecule has 1 amide bonds. The summed E-state index contributed by atoms with van der Waals surface area (Å²) in [6, 6.07) is 15.2. The molecular formula is C19H15ClFNOS. The highest BCUT2D eigenvalue weighted by atomic mass is 35.5. The normalized spacial score (nSPS) is 11.9. The minimum absolute atomic E-state index is 0.131. The first-order chi connectivity index (χ1) is 11.6. The Morgan fingerprint density at radius 3 is 2.58 bits per heavy atom. The number of thiophene rings is 1. The van der Waals surface area contributed by atoms with Crippen molar-refractivity contribution in [3.8, 4) is 0 Å². The van der Waals surface area contributed by atoms with Gasteiger partial charge in [0.2, 0.25) is 5.91 Å². The van der Waals surface area contributed by atoms with Crippen LogP contribution in [0.4, 0.5) is 4.39 Å². The van der Waals surface area contributed by atoms with E-state index in [0.717, 1.165) is 11.1 Å². The number of amides is 1. The van der Waals surface area contributed by atoms with Crippen LogP contribution in [-0.2, 0) is 11.2 Å². The van der Waals surface area contributed by atoms with Gasteiger partial charge in [-0.15, -0.1) is 0 Å². The van der Waals surface area contributed by atoms with Gasteiger partial charge in [-0.3, -0.25) is 4.79 Å². The molecule has 3 aromatic rings. The molecule has 0 fully saturated rings. The molecule has 1 heterocycles. The highest BCUT2D eigenvalue weighted by Gasteiger charge is 2.17. The lowest BCUT2D eigenvalue weighted by Gasteiger charge is -2.19. The topological polar surface area (TPSA) is 29.1 Å². The Hall–Kier alpha value is -2.17. The van der Waals surface area contributed by atoms with Crippen LogP contribution in [-0.4, -0.2) is 5.91 Å². The maximum Gasteiger partial charge on any atom is 0.225 e. The first-order valence-electron chi connectivity index (χ1n) is 7.43. The Bertz CT molecular complexity index is 818. The quantitative estimate of drug-likeness (QED) is 0.683. The first-order valence-corrected chi connectivity index (χ1v) is 8.75. The first kappa shape index (κ1) is 16.7. The van der Waals surface area contributed by atoms with Crippen molar-refractivity contribution in [3.63, 3.8) is 0 Å². The lowest BCUT2D eigenvalue weighted by atomic mass is 10.0. The molecule has 0 unspecified atom stereocenters. The molecule has 122 valence electrons. The lowest BCUT2D eigenvalue weighted by Crippen LogP contribution is -2.30. The van der Waals surface area contributed by atoms with Gasteiger partial charge in [-0.05, 0) is 57.8 Å². The molecule has 2 nitrogen and oxygen atoms in total. The van der Waals surface area contributed by atoms with Crippen LogP contribution in [0.25, 0.3) is 0 Å². The molecule has 1 N–H and O–H groups in total. The lowest BCUT2D eigenvalue weighted by molar-refractivity contribution is -0.120. The summed E-state index contributed by atoms with van der Waals surface area (Å²) < 4.78 is 13.3. The molecule has 0 aliphatic rings. The fourth-order valence-electron chi connectivity index (χ4n) is 2.50. The van der Waals surface area contributed by atoms with E-state index in [4.69, 9.17) is 11.6 Å². The minimum atomic E-state index is -0.340. The van der Waals surface area contributed by atoms with E-state index in [9.17, 15) is 9.18 Å². The second kappa shape index (κ2) is 7.60. The Kier molecular flexibility index (Phi) is 5.28. The van der Waals surface area contributed by atoms with Crippen LogP contribution in [0.15, 0.2) is 65.4 Å². The van der Waals surface area contributed by atoms with Crippen molar-refractivity contribution >= 4 is 28.8 Å². The zero-order valence-electron chi connectivity index (χ0n) is 12.7. The molecule has 0 saturated carbocycles. The SMILES string of the molecule is O=C(Cc1cccc(F)c1)N[C@@H](c1ccc(Cl)cc1)c1ccsc1. The highest BCUT2D eigenvalue weighted by molar-refractivity contribution is 7.08. The van der Waals surface area contributed by atoms with Crippen molar-refractivity contribution in [2.75, 3.05) is 0 Å². The predicted molar refractivity (Wildman–Crippen MR) is 95.9 cm³/mol. The average Bonchev–Trinajstić information content (AvgIpc) is 3.08. The van der Waals surface area contributed by atoms with Gasteiger partial charge in [-0.1, -0.05) is 35.9 Å². The van der Waals surface area contributed by atoms with Gasteiger partial charge in [-0.25, -0.2) is 4.39 Å². The number of halogens is 2. The third-order valence-corrected chi connectivity index (χ3v) is 4.59. The van der Waals surface area contributed by atoms with Crippen LogP contribution in [0.5, 0.6) is 0 Å².